The first-order chi connectivity index (χ1) is 5.36. The highest BCUT2D eigenvalue weighted by atomic mass is 15.2. The molecule has 11 heavy (non-hydrogen) atoms. The summed E-state index contributed by atoms with van der Waals surface area (Å²) < 4.78 is 0. The summed E-state index contributed by atoms with van der Waals surface area (Å²) in [6, 6.07) is 0. The molecule has 0 aliphatic carbocycles. The molecule has 2 aliphatic heterocycles. The molecule has 2 aliphatic rings. The van der Waals surface area contributed by atoms with Crippen LogP contribution in [0.4, 0.5) is 0 Å². The van der Waals surface area contributed by atoms with E-state index in [1.165, 1.54) is 0 Å². The molecule has 1 atom stereocenters. The van der Waals surface area contributed by atoms with Crippen molar-refractivity contribution >= 4 is 6.34 Å². The molecule has 0 amide bonds. The number of rotatable bonds is 0. The number of nitrogens with zero attached hydrogens (tertiary/aromatic N) is 2. The van der Waals surface area contributed by atoms with Crippen LogP contribution in [-0.4, -0.2) is 17.4 Å². The third-order valence-corrected chi connectivity index (χ3v) is 1.63. The maximum Gasteiger partial charge on any atom is 0.120 e. The predicted octanol–water partition coefficient (Wildman–Crippen LogP) is 0.583. The molecular formula is C8H9N3. The quantitative estimate of drug-likeness (QED) is 0.544. The van der Waals surface area contributed by atoms with Crippen molar-refractivity contribution in [1.29, 1.82) is 0 Å². The fourth-order valence-corrected chi connectivity index (χ4v) is 1.08. The fourth-order valence-electron chi connectivity index (χ4n) is 1.08. The van der Waals surface area contributed by atoms with Gasteiger partial charge in [0.25, 0.3) is 0 Å². The van der Waals surface area contributed by atoms with Crippen LogP contribution in [-0.2, 0) is 0 Å². The van der Waals surface area contributed by atoms with E-state index >= 15 is 0 Å². The molecule has 0 radical (unpaired) electrons. The molecule has 0 bridgehead atoms. The molecule has 3 nitrogen and oxygen atoms in total. The van der Waals surface area contributed by atoms with E-state index in [1.807, 2.05) is 35.4 Å². The minimum atomic E-state index is -0.183. The fraction of sp³-hybridized carbons (Fsp3) is 0.125. The Morgan fingerprint density at radius 1 is 1.45 bits per heavy atom. The molecule has 2 heterocycles. The maximum atomic E-state index is 5.58. The largest absolute Gasteiger partial charge is 0.308 e. The molecule has 2 rings (SSSR count). The number of nitrogens with two attached hydrogens (primary N) is 1. The Labute approximate surface area is 65.2 Å². The lowest BCUT2D eigenvalue weighted by Crippen LogP contribution is -2.26. The summed E-state index contributed by atoms with van der Waals surface area (Å²) >= 11 is 0. The molecule has 0 fully saturated rings. The van der Waals surface area contributed by atoms with Gasteiger partial charge < -0.3 is 10.6 Å². The summed E-state index contributed by atoms with van der Waals surface area (Å²) in [5.74, 6) is 0. The zero-order chi connectivity index (χ0) is 7.68. The van der Waals surface area contributed by atoms with Crippen LogP contribution < -0.4 is 5.73 Å². The van der Waals surface area contributed by atoms with Crippen LogP contribution >= 0.6 is 0 Å². The molecule has 0 spiro atoms. The van der Waals surface area contributed by atoms with E-state index in [-0.39, 0.29) is 6.17 Å². The van der Waals surface area contributed by atoms with Gasteiger partial charge in [0.15, 0.2) is 0 Å². The monoisotopic (exact) mass is 147 g/mol. The van der Waals surface area contributed by atoms with E-state index in [9.17, 15) is 0 Å². The van der Waals surface area contributed by atoms with Crippen LogP contribution in [0.5, 0.6) is 0 Å². The number of hydrogen-bond acceptors (Lipinski definition) is 3. The summed E-state index contributed by atoms with van der Waals surface area (Å²) in [4.78, 5) is 5.97. The summed E-state index contributed by atoms with van der Waals surface area (Å²) in [7, 11) is 0. The molecule has 0 saturated carbocycles. The second-order valence-electron chi connectivity index (χ2n) is 2.45. The molecule has 1 unspecified atom stereocenters. The summed E-state index contributed by atoms with van der Waals surface area (Å²) in [6.07, 6.45) is 11.4. The standard InChI is InChI=1S/C8H9N3/c9-8-5-7-3-1-2-4-11(7)6-10-8/h1-6,8H,9H2. The van der Waals surface area contributed by atoms with Gasteiger partial charge >= 0.3 is 0 Å². The van der Waals surface area contributed by atoms with Gasteiger partial charge in [0.2, 0.25) is 0 Å². The van der Waals surface area contributed by atoms with Crippen molar-refractivity contribution < 1.29 is 0 Å². The van der Waals surface area contributed by atoms with Crippen molar-refractivity contribution in [2.24, 2.45) is 10.7 Å². The third-order valence-electron chi connectivity index (χ3n) is 1.63. The molecule has 0 aromatic heterocycles. The normalized spacial score (nSPS) is 26.8. The second-order valence-corrected chi connectivity index (χ2v) is 2.45. The Bertz CT molecular complexity index is 273. The minimum absolute atomic E-state index is 0.183. The van der Waals surface area contributed by atoms with Gasteiger partial charge in [0.05, 0.1) is 6.34 Å². The molecule has 2 N–H and O–H groups in total. The van der Waals surface area contributed by atoms with Crippen molar-refractivity contribution in [2.45, 2.75) is 6.17 Å². The Kier molecular flexibility index (Phi) is 1.36. The molecule has 3 heteroatoms. The molecule has 0 aromatic carbocycles. The highest BCUT2D eigenvalue weighted by molar-refractivity contribution is 5.64. The van der Waals surface area contributed by atoms with Crippen LogP contribution in [0.15, 0.2) is 41.2 Å². The number of hydrogen-bond donors (Lipinski definition) is 1. The molecule has 0 aromatic rings. The van der Waals surface area contributed by atoms with Crippen molar-refractivity contribution in [3.63, 3.8) is 0 Å². The van der Waals surface area contributed by atoms with Crippen molar-refractivity contribution in [2.75, 3.05) is 0 Å². The first-order valence-electron chi connectivity index (χ1n) is 3.50. The van der Waals surface area contributed by atoms with Crippen LogP contribution in [0, 0.1) is 0 Å². The lowest BCUT2D eigenvalue weighted by atomic mass is 10.2. The summed E-state index contributed by atoms with van der Waals surface area (Å²) in [5.41, 5.74) is 6.68. The Balaban J connectivity index is 2.31. The van der Waals surface area contributed by atoms with Gasteiger partial charge in [0.1, 0.15) is 6.17 Å². The van der Waals surface area contributed by atoms with Crippen LogP contribution in [0.2, 0.25) is 0 Å². The summed E-state index contributed by atoms with van der Waals surface area (Å²) in [5, 5.41) is 0. The lowest BCUT2D eigenvalue weighted by Gasteiger charge is -2.23. The van der Waals surface area contributed by atoms with E-state index in [0.717, 1.165) is 5.70 Å². The van der Waals surface area contributed by atoms with Gasteiger partial charge in [-0.1, -0.05) is 6.08 Å². The summed E-state index contributed by atoms with van der Waals surface area (Å²) in [6.45, 7) is 0. The van der Waals surface area contributed by atoms with E-state index in [2.05, 4.69) is 4.99 Å². The van der Waals surface area contributed by atoms with Gasteiger partial charge in [0, 0.05) is 11.9 Å². The van der Waals surface area contributed by atoms with Gasteiger partial charge in [-0.2, -0.15) is 0 Å². The van der Waals surface area contributed by atoms with Gasteiger partial charge in [-0.3, -0.25) is 4.99 Å². The van der Waals surface area contributed by atoms with E-state index in [0.29, 0.717) is 0 Å². The molecule has 0 saturated heterocycles. The molecule has 56 valence electrons. The zero-order valence-corrected chi connectivity index (χ0v) is 6.01. The highest BCUT2D eigenvalue weighted by Gasteiger charge is 2.09. The topological polar surface area (TPSA) is 41.6 Å². The maximum absolute atomic E-state index is 5.58. The number of aliphatic imine (C=N–C) groups is 1. The van der Waals surface area contributed by atoms with Crippen molar-refractivity contribution in [3.05, 3.63) is 36.2 Å². The van der Waals surface area contributed by atoms with E-state index < -0.39 is 0 Å². The second kappa shape index (κ2) is 2.36. The molecular weight excluding hydrogens is 138 g/mol. The van der Waals surface area contributed by atoms with Gasteiger partial charge in [-0.25, -0.2) is 0 Å². The first-order valence-corrected chi connectivity index (χ1v) is 3.50. The van der Waals surface area contributed by atoms with Crippen LogP contribution in [0.1, 0.15) is 0 Å². The van der Waals surface area contributed by atoms with Gasteiger partial charge in [-0.05, 0) is 18.2 Å². The average molecular weight is 147 g/mol. The smallest absolute Gasteiger partial charge is 0.120 e. The average Bonchev–Trinajstić information content (AvgIpc) is 2.04. The predicted molar refractivity (Wildman–Crippen MR) is 44.7 cm³/mol. The van der Waals surface area contributed by atoms with Gasteiger partial charge in [-0.15, -0.1) is 0 Å². The van der Waals surface area contributed by atoms with E-state index in [1.54, 1.807) is 6.34 Å². The first kappa shape index (κ1) is 6.37. The van der Waals surface area contributed by atoms with Crippen LogP contribution in [0.25, 0.3) is 0 Å². The lowest BCUT2D eigenvalue weighted by molar-refractivity contribution is 0.671. The highest BCUT2D eigenvalue weighted by Crippen LogP contribution is 2.13. The van der Waals surface area contributed by atoms with Crippen LogP contribution in [0.3, 0.4) is 0 Å². The Hall–Kier alpha value is -1.35. The van der Waals surface area contributed by atoms with E-state index in [4.69, 9.17) is 5.73 Å². The zero-order valence-electron chi connectivity index (χ0n) is 6.01. The van der Waals surface area contributed by atoms with Crippen molar-refractivity contribution in [1.82, 2.24) is 4.90 Å². The Morgan fingerprint density at radius 2 is 2.36 bits per heavy atom. The number of fused-ring (bicyclic) bond motifs is 1. The SMILES string of the molecule is NC1C=C2C=CC=CN2C=N1. The van der Waals surface area contributed by atoms with Crippen molar-refractivity contribution in [3.8, 4) is 0 Å². The minimum Gasteiger partial charge on any atom is -0.308 e. The third kappa shape index (κ3) is 1.10. The number of allylic oxidation sites excluding steroid dienone is 3. The Morgan fingerprint density at radius 3 is 3.27 bits per heavy atom.